The van der Waals surface area contributed by atoms with E-state index in [2.05, 4.69) is 32.6 Å². The third-order valence-corrected chi connectivity index (χ3v) is 5.90. The van der Waals surface area contributed by atoms with Crippen molar-refractivity contribution in [1.82, 2.24) is 5.32 Å². The molecule has 0 radical (unpaired) electrons. The second-order valence-electron chi connectivity index (χ2n) is 4.56. The van der Waals surface area contributed by atoms with Crippen molar-refractivity contribution in [3.05, 3.63) is 0 Å². The summed E-state index contributed by atoms with van der Waals surface area (Å²) in [5.41, 5.74) is 0. The number of rotatable bonds is 12. The largest absolute Gasteiger partial charge is 0.395 e. The van der Waals surface area contributed by atoms with E-state index in [9.17, 15) is 0 Å². The van der Waals surface area contributed by atoms with Gasteiger partial charge >= 0.3 is 8.56 Å². The molecule has 0 bridgehead atoms. The predicted octanol–water partition coefficient (Wildman–Crippen LogP) is 3.30. The van der Waals surface area contributed by atoms with Gasteiger partial charge in [0.1, 0.15) is 0 Å². The van der Waals surface area contributed by atoms with E-state index >= 15 is 0 Å². The fourth-order valence-corrected chi connectivity index (χ4v) is 4.41. The van der Waals surface area contributed by atoms with Gasteiger partial charge in [-0.2, -0.15) is 0 Å². The zero-order chi connectivity index (χ0) is 13.0. The Labute approximate surface area is 109 Å². The Bertz CT molecular complexity index is 161. The predicted molar refractivity (Wildman–Crippen MR) is 76.7 cm³/mol. The van der Waals surface area contributed by atoms with Gasteiger partial charge in [-0.15, -0.1) is 0 Å². The second kappa shape index (κ2) is 11.2. The van der Waals surface area contributed by atoms with E-state index in [1.807, 2.05) is 0 Å². The van der Waals surface area contributed by atoms with E-state index in [1.54, 1.807) is 0 Å². The van der Waals surface area contributed by atoms with Gasteiger partial charge in [0.2, 0.25) is 0 Å². The van der Waals surface area contributed by atoms with Gasteiger partial charge in [0, 0.05) is 13.2 Å². The average molecular weight is 261 g/mol. The molecule has 0 aromatic carbocycles. The van der Waals surface area contributed by atoms with Crippen LogP contribution in [0.1, 0.15) is 46.5 Å². The Hall–Kier alpha value is 0.0969. The molecule has 17 heavy (non-hydrogen) atoms. The van der Waals surface area contributed by atoms with Gasteiger partial charge in [0.25, 0.3) is 0 Å². The molecule has 0 atom stereocenters. The van der Waals surface area contributed by atoms with Crippen molar-refractivity contribution in [2.75, 3.05) is 26.3 Å². The zero-order valence-electron chi connectivity index (χ0n) is 12.2. The summed E-state index contributed by atoms with van der Waals surface area (Å²) in [6.07, 6.45) is 4.99. The lowest BCUT2D eigenvalue weighted by molar-refractivity contribution is 0.188. The molecular formula is C13H31NO2Si. The molecule has 0 aromatic rings. The molecule has 0 aliphatic carbocycles. The van der Waals surface area contributed by atoms with Crippen LogP contribution in [0.2, 0.25) is 12.6 Å². The third kappa shape index (κ3) is 9.77. The monoisotopic (exact) mass is 261 g/mol. The molecule has 0 aliphatic heterocycles. The van der Waals surface area contributed by atoms with Crippen LogP contribution in [0.5, 0.6) is 0 Å². The van der Waals surface area contributed by atoms with Crippen molar-refractivity contribution >= 4 is 8.56 Å². The summed E-state index contributed by atoms with van der Waals surface area (Å²) in [4.78, 5) is 0. The van der Waals surface area contributed by atoms with Crippen molar-refractivity contribution in [2.24, 2.45) is 0 Å². The molecule has 0 spiro atoms. The van der Waals surface area contributed by atoms with Crippen molar-refractivity contribution in [3.63, 3.8) is 0 Å². The maximum absolute atomic E-state index is 5.81. The summed E-state index contributed by atoms with van der Waals surface area (Å²) in [6, 6.07) is 1.12. The summed E-state index contributed by atoms with van der Waals surface area (Å²) in [7, 11) is -1.85. The maximum Gasteiger partial charge on any atom is 0.334 e. The number of nitrogens with one attached hydrogen (secondary N) is 1. The molecule has 0 heterocycles. The van der Waals surface area contributed by atoms with Crippen molar-refractivity contribution < 1.29 is 8.85 Å². The van der Waals surface area contributed by atoms with E-state index < -0.39 is 8.56 Å². The van der Waals surface area contributed by atoms with Crippen LogP contribution in [0.4, 0.5) is 0 Å². The molecular weight excluding hydrogens is 230 g/mol. The summed E-state index contributed by atoms with van der Waals surface area (Å²) >= 11 is 0. The zero-order valence-corrected chi connectivity index (χ0v) is 13.2. The van der Waals surface area contributed by atoms with Crippen LogP contribution in [-0.2, 0) is 8.85 Å². The summed E-state index contributed by atoms with van der Waals surface area (Å²) in [5.74, 6) is 0. The van der Waals surface area contributed by atoms with Gasteiger partial charge in [-0.1, -0.05) is 19.8 Å². The third-order valence-electron chi connectivity index (χ3n) is 2.84. The van der Waals surface area contributed by atoms with Crippen LogP contribution < -0.4 is 5.32 Å². The number of unbranched alkanes of at least 4 members (excludes halogenated alkanes) is 2. The first-order chi connectivity index (χ1) is 8.18. The molecule has 0 saturated heterocycles. The minimum absolute atomic E-state index is 0.775. The molecule has 0 unspecified atom stereocenters. The number of hydrogen-bond donors (Lipinski definition) is 1. The molecule has 1 N–H and O–H groups in total. The van der Waals surface area contributed by atoms with Crippen molar-refractivity contribution in [1.29, 1.82) is 0 Å². The highest BCUT2D eigenvalue weighted by Crippen LogP contribution is 2.16. The Kier molecular flexibility index (Phi) is 11.3. The van der Waals surface area contributed by atoms with Gasteiger partial charge in [-0.25, -0.2) is 0 Å². The molecule has 0 fully saturated rings. The number of hydrogen-bond acceptors (Lipinski definition) is 3. The normalized spacial score (nSPS) is 12.0. The van der Waals surface area contributed by atoms with Crippen LogP contribution in [0, 0.1) is 0 Å². The lowest BCUT2D eigenvalue weighted by Gasteiger charge is -2.25. The molecule has 0 rings (SSSR count). The molecule has 3 nitrogen and oxygen atoms in total. The highest BCUT2D eigenvalue weighted by atomic mass is 28.4. The summed E-state index contributed by atoms with van der Waals surface area (Å²) in [6.45, 7) is 12.3. The standard InChI is InChI=1S/C13H31NO2Si/c1-5-8-11-14-12-9-10-13-17(4,15-6-2)16-7-3/h14H,5-13H2,1-4H3. The van der Waals surface area contributed by atoms with Crippen LogP contribution in [-0.4, -0.2) is 34.9 Å². The van der Waals surface area contributed by atoms with E-state index in [4.69, 9.17) is 8.85 Å². The quantitative estimate of drug-likeness (QED) is 0.432. The van der Waals surface area contributed by atoms with E-state index in [1.165, 1.54) is 25.7 Å². The van der Waals surface area contributed by atoms with Gasteiger partial charge in [0.05, 0.1) is 0 Å². The van der Waals surface area contributed by atoms with Crippen LogP contribution >= 0.6 is 0 Å². The lowest BCUT2D eigenvalue weighted by atomic mass is 10.3. The Morgan fingerprint density at radius 1 is 0.882 bits per heavy atom. The topological polar surface area (TPSA) is 30.5 Å². The molecule has 0 aliphatic rings. The molecule has 104 valence electrons. The Morgan fingerprint density at radius 3 is 2.00 bits per heavy atom. The highest BCUT2D eigenvalue weighted by Gasteiger charge is 2.29. The molecule has 0 saturated carbocycles. The van der Waals surface area contributed by atoms with Gasteiger partial charge in [0.15, 0.2) is 0 Å². The maximum atomic E-state index is 5.81. The first-order valence-electron chi connectivity index (χ1n) is 7.17. The minimum atomic E-state index is -1.85. The van der Waals surface area contributed by atoms with Gasteiger partial charge < -0.3 is 14.2 Å². The van der Waals surface area contributed by atoms with E-state index in [0.29, 0.717) is 0 Å². The van der Waals surface area contributed by atoms with Crippen LogP contribution in [0.25, 0.3) is 0 Å². The van der Waals surface area contributed by atoms with Crippen LogP contribution in [0.15, 0.2) is 0 Å². The fraction of sp³-hybridized carbons (Fsp3) is 1.00. The van der Waals surface area contributed by atoms with Crippen molar-refractivity contribution in [3.8, 4) is 0 Å². The Morgan fingerprint density at radius 2 is 1.47 bits per heavy atom. The highest BCUT2D eigenvalue weighted by molar-refractivity contribution is 6.66. The molecule has 0 amide bonds. The SMILES string of the molecule is CCCCNCCCC[Si](C)(OCC)OCC. The first kappa shape index (κ1) is 17.1. The molecule has 0 aromatic heterocycles. The van der Waals surface area contributed by atoms with Gasteiger partial charge in [-0.3, -0.25) is 0 Å². The average Bonchev–Trinajstić information content (AvgIpc) is 2.28. The fourth-order valence-electron chi connectivity index (χ4n) is 1.92. The van der Waals surface area contributed by atoms with E-state index in [-0.39, 0.29) is 0 Å². The first-order valence-corrected chi connectivity index (χ1v) is 9.69. The molecule has 4 heteroatoms. The van der Waals surface area contributed by atoms with E-state index in [0.717, 1.165) is 32.3 Å². The second-order valence-corrected chi connectivity index (χ2v) is 7.91. The van der Waals surface area contributed by atoms with Gasteiger partial charge in [-0.05, 0) is 52.4 Å². The minimum Gasteiger partial charge on any atom is -0.395 e. The Balaban J connectivity index is 3.54. The van der Waals surface area contributed by atoms with Crippen molar-refractivity contribution in [2.45, 2.75) is 59.0 Å². The summed E-state index contributed by atoms with van der Waals surface area (Å²) in [5, 5.41) is 3.47. The van der Waals surface area contributed by atoms with Crippen LogP contribution in [0.3, 0.4) is 0 Å². The lowest BCUT2D eigenvalue weighted by Crippen LogP contribution is -2.38. The smallest absolute Gasteiger partial charge is 0.334 e. The summed E-state index contributed by atoms with van der Waals surface area (Å²) < 4.78 is 11.6.